The molecule has 0 saturated carbocycles. The lowest BCUT2D eigenvalue weighted by Gasteiger charge is -2.30. The molecule has 0 aliphatic carbocycles. The minimum atomic E-state index is -2.65. The second-order valence-electron chi connectivity index (χ2n) is 9.04. The molecule has 1 amide bonds. The monoisotopic (exact) mass is 564 g/mol. The molecule has 5 rings (SSSR count). The fraction of sp³-hybridized carbons (Fsp3) is 0.0294. The number of carbonyl (C=O) groups excluding carboxylic acids is 1. The van der Waals surface area contributed by atoms with E-state index in [0.717, 1.165) is 20.8 Å². The maximum atomic E-state index is 13.8. The van der Waals surface area contributed by atoms with Crippen molar-refractivity contribution in [3.63, 3.8) is 0 Å². The van der Waals surface area contributed by atoms with E-state index in [-0.39, 0.29) is 5.91 Å². The summed E-state index contributed by atoms with van der Waals surface area (Å²) in [7, 11) is -2.65. The average molecular weight is 565 g/mol. The lowest BCUT2D eigenvalue weighted by molar-refractivity contribution is 0.0968. The van der Waals surface area contributed by atoms with Crippen molar-refractivity contribution >= 4 is 52.4 Å². The number of halogens is 1. The number of hydrogen-bond donors (Lipinski definition) is 1. The molecule has 5 heteroatoms. The molecule has 1 N–H and O–H groups in total. The third-order valence-corrected chi connectivity index (χ3v) is 12.3. The van der Waals surface area contributed by atoms with Crippen molar-refractivity contribution in [2.24, 2.45) is 0 Å². The SMILES string of the molecule is Cc1ccc(SC(Cl)=C(NC(=O)c2ccccc2)[P+](c2ccccc2)(c2ccccc2)c2ccccc2)cc1. The van der Waals surface area contributed by atoms with Crippen LogP contribution >= 0.6 is 30.6 Å². The van der Waals surface area contributed by atoms with Crippen LogP contribution in [0, 0.1) is 6.92 Å². The van der Waals surface area contributed by atoms with Crippen LogP contribution in [-0.4, -0.2) is 5.91 Å². The molecule has 0 saturated heterocycles. The summed E-state index contributed by atoms with van der Waals surface area (Å²) in [5.74, 6) is -0.194. The molecule has 192 valence electrons. The highest BCUT2D eigenvalue weighted by Gasteiger charge is 2.52. The molecule has 0 fully saturated rings. The Bertz CT molecular complexity index is 1460. The van der Waals surface area contributed by atoms with Crippen LogP contribution in [0.3, 0.4) is 0 Å². The van der Waals surface area contributed by atoms with Crippen molar-refractivity contribution in [1.29, 1.82) is 0 Å². The molecule has 0 aromatic heterocycles. The van der Waals surface area contributed by atoms with Crippen molar-refractivity contribution < 1.29 is 4.79 Å². The summed E-state index contributed by atoms with van der Waals surface area (Å²) in [6.07, 6.45) is 0. The van der Waals surface area contributed by atoms with E-state index in [1.165, 1.54) is 17.3 Å². The summed E-state index contributed by atoms with van der Waals surface area (Å²) in [5, 5.41) is 6.65. The van der Waals surface area contributed by atoms with Crippen LogP contribution in [0.25, 0.3) is 0 Å². The smallest absolute Gasteiger partial charge is 0.258 e. The van der Waals surface area contributed by atoms with Gasteiger partial charge in [-0.25, -0.2) is 0 Å². The average Bonchev–Trinajstić information content (AvgIpc) is 3.00. The van der Waals surface area contributed by atoms with E-state index in [2.05, 4.69) is 72.9 Å². The molecule has 0 aliphatic heterocycles. The number of carbonyl (C=O) groups is 1. The zero-order valence-electron chi connectivity index (χ0n) is 21.5. The Hall–Kier alpha value is -3.62. The van der Waals surface area contributed by atoms with E-state index in [1.54, 1.807) is 0 Å². The van der Waals surface area contributed by atoms with Crippen LogP contribution in [0.15, 0.2) is 160 Å². The Labute approximate surface area is 240 Å². The van der Waals surface area contributed by atoms with Crippen molar-refractivity contribution in [1.82, 2.24) is 5.32 Å². The van der Waals surface area contributed by atoms with Gasteiger partial charge in [0.05, 0.1) is 0 Å². The third kappa shape index (κ3) is 5.87. The van der Waals surface area contributed by atoms with E-state index in [9.17, 15) is 4.79 Å². The van der Waals surface area contributed by atoms with Gasteiger partial charge in [0.25, 0.3) is 5.91 Å². The first-order valence-electron chi connectivity index (χ1n) is 12.7. The van der Waals surface area contributed by atoms with Gasteiger partial charge in [-0.15, -0.1) is 0 Å². The van der Waals surface area contributed by atoms with Gasteiger partial charge in [0.15, 0.2) is 7.26 Å². The second-order valence-corrected chi connectivity index (χ2v) is 14.1. The van der Waals surface area contributed by atoms with Crippen molar-refractivity contribution in [2.75, 3.05) is 0 Å². The molecule has 0 spiro atoms. The van der Waals surface area contributed by atoms with Crippen LogP contribution < -0.4 is 21.2 Å². The highest BCUT2D eigenvalue weighted by Crippen LogP contribution is 2.64. The van der Waals surface area contributed by atoms with Gasteiger partial charge in [-0.1, -0.05) is 114 Å². The molecule has 0 unspecified atom stereocenters. The second kappa shape index (κ2) is 12.5. The van der Waals surface area contributed by atoms with Crippen LogP contribution in [0.2, 0.25) is 0 Å². The van der Waals surface area contributed by atoms with Crippen LogP contribution in [0.5, 0.6) is 0 Å². The lowest BCUT2D eigenvalue weighted by atomic mass is 10.2. The summed E-state index contributed by atoms with van der Waals surface area (Å²) in [6, 6.07) is 48.8. The maximum absolute atomic E-state index is 13.8. The van der Waals surface area contributed by atoms with Crippen LogP contribution in [-0.2, 0) is 0 Å². The van der Waals surface area contributed by atoms with E-state index >= 15 is 0 Å². The Morgan fingerprint density at radius 3 is 1.46 bits per heavy atom. The number of benzene rings is 5. The Kier molecular flexibility index (Phi) is 8.64. The summed E-state index contributed by atoms with van der Waals surface area (Å²) in [6.45, 7) is 2.06. The summed E-state index contributed by atoms with van der Waals surface area (Å²) >= 11 is 8.81. The standard InChI is InChI=1S/C34H27ClNOPS/c1-26-22-24-31(25-23-26)39-32(35)34(36-33(37)27-14-6-2-7-15-27)38(28-16-8-3-9-17-28,29-18-10-4-11-19-29)30-20-12-5-13-21-30/h2-25H,1H3/p+1. The van der Waals surface area contributed by atoms with Gasteiger partial charge in [-0.2, -0.15) is 0 Å². The predicted molar refractivity (Wildman–Crippen MR) is 169 cm³/mol. The molecular formula is C34H28ClNOPS+. The van der Waals surface area contributed by atoms with E-state index < -0.39 is 7.26 Å². The maximum Gasteiger partial charge on any atom is 0.258 e. The van der Waals surface area contributed by atoms with Gasteiger partial charge < -0.3 is 0 Å². The molecule has 0 atom stereocenters. The molecule has 0 radical (unpaired) electrons. The minimum absolute atomic E-state index is 0.194. The molecule has 39 heavy (non-hydrogen) atoms. The van der Waals surface area contributed by atoms with Crippen LogP contribution in [0.1, 0.15) is 15.9 Å². The zero-order valence-corrected chi connectivity index (χ0v) is 24.0. The van der Waals surface area contributed by atoms with Gasteiger partial charge in [-0.05, 0) is 67.6 Å². The Balaban J connectivity index is 1.81. The molecule has 5 aromatic rings. The number of aryl methyl sites for hydroxylation is 1. The molecule has 0 heterocycles. The topological polar surface area (TPSA) is 29.1 Å². The van der Waals surface area contributed by atoms with E-state index in [0.29, 0.717) is 15.4 Å². The van der Waals surface area contributed by atoms with Crippen molar-refractivity contribution in [3.05, 3.63) is 167 Å². The number of nitrogens with one attached hydrogen (secondary N) is 1. The summed E-state index contributed by atoms with van der Waals surface area (Å²) < 4.78 is 0.535. The third-order valence-electron chi connectivity index (χ3n) is 6.45. The molecule has 0 aliphatic rings. The number of hydrogen-bond acceptors (Lipinski definition) is 2. The van der Waals surface area contributed by atoms with Gasteiger partial charge in [0.2, 0.25) is 5.44 Å². The highest BCUT2D eigenvalue weighted by atomic mass is 35.5. The van der Waals surface area contributed by atoms with E-state index in [4.69, 9.17) is 11.6 Å². The number of rotatable bonds is 8. The summed E-state index contributed by atoms with van der Waals surface area (Å²) in [4.78, 5) is 14.8. The Morgan fingerprint density at radius 1 is 0.615 bits per heavy atom. The fourth-order valence-corrected chi connectivity index (χ4v) is 10.5. The van der Waals surface area contributed by atoms with Crippen molar-refractivity contribution in [3.8, 4) is 0 Å². The fourth-order valence-electron chi connectivity index (χ4n) is 4.58. The minimum Gasteiger partial charge on any atom is -0.290 e. The van der Waals surface area contributed by atoms with Crippen molar-refractivity contribution in [2.45, 2.75) is 11.8 Å². The normalized spacial score (nSPS) is 11.9. The number of thioether (sulfide) groups is 1. The van der Waals surface area contributed by atoms with Gasteiger partial charge in [0.1, 0.15) is 20.3 Å². The lowest BCUT2D eigenvalue weighted by Crippen LogP contribution is -2.38. The van der Waals surface area contributed by atoms with Gasteiger partial charge in [0, 0.05) is 10.5 Å². The first-order chi connectivity index (χ1) is 19.1. The zero-order chi connectivity index (χ0) is 27.1. The molecule has 2 nitrogen and oxygen atoms in total. The summed E-state index contributed by atoms with van der Waals surface area (Å²) in [5.41, 5.74) is 2.47. The molecule has 0 bridgehead atoms. The first-order valence-corrected chi connectivity index (χ1v) is 15.6. The van der Waals surface area contributed by atoms with E-state index in [1.807, 2.05) is 84.9 Å². The quantitative estimate of drug-likeness (QED) is 0.153. The van der Waals surface area contributed by atoms with Gasteiger partial charge >= 0.3 is 0 Å². The highest BCUT2D eigenvalue weighted by molar-refractivity contribution is 8.06. The Morgan fingerprint density at radius 2 is 1.03 bits per heavy atom. The first kappa shape index (κ1) is 27.0. The van der Waals surface area contributed by atoms with Crippen LogP contribution in [0.4, 0.5) is 0 Å². The number of amides is 1. The largest absolute Gasteiger partial charge is 0.290 e. The molecule has 5 aromatic carbocycles. The predicted octanol–water partition coefficient (Wildman–Crippen LogP) is 7.88. The van der Waals surface area contributed by atoms with Gasteiger partial charge in [-0.3, -0.25) is 10.1 Å². The molecular weight excluding hydrogens is 537 g/mol.